The number of alkyl halides is 2. The van der Waals surface area contributed by atoms with Crippen LogP contribution in [0.15, 0.2) is 24.3 Å². The first-order chi connectivity index (χ1) is 11.2. The molecule has 0 amide bonds. The van der Waals surface area contributed by atoms with Crippen molar-refractivity contribution in [1.29, 1.82) is 0 Å². The molecule has 1 fully saturated rings. The van der Waals surface area contributed by atoms with Crippen molar-refractivity contribution >= 4 is 17.6 Å². The quantitative estimate of drug-likeness (QED) is 0.483. The number of nitro benzene ring substituents is 1. The van der Waals surface area contributed by atoms with Crippen molar-refractivity contribution in [2.45, 2.75) is 37.7 Å². The summed E-state index contributed by atoms with van der Waals surface area (Å²) in [5.74, 6) is -8.80. The van der Waals surface area contributed by atoms with Crippen LogP contribution < -0.4 is 0 Å². The number of hydrogen-bond acceptors (Lipinski definition) is 5. The molecule has 1 aliphatic rings. The van der Waals surface area contributed by atoms with E-state index in [2.05, 4.69) is 0 Å². The number of carboxylic acid groups (broad SMARTS) is 1. The molecule has 1 atom stereocenters. The molecule has 9 heteroatoms. The highest BCUT2D eigenvalue weighted by molar-refractivity contribution is 5.94. The van der Waals surface area contributed by atoms with Gasteiger partial charge in [-0.2, -0.15) is 8.78 Å². The summed E-state index contributed by atoms with van der Waals surface area (Å²) in [5, 5.41) is 19.7. The molecule has 130 valence electrons. The van der Waals surface area contributed by atoms with Crippen LogP contribution in [0, 0.1) is 16.0 Å². The van der Waals surface area contributed by atoms with E-state index in [4.69, 9.17) is 9.84 Å². The minimum Gasteiger partial charge on any atom is -0.477 e. The standard InChI is InChI=1S/C15H15F2NO6/c16-15(17,14(20)21)12(9-5-1-2-6-9)24-13(19)10-7-3-4-8-11(10)18(22)23/h3-4,7-9,12H,1-2,5-6H2,(H,20,21). The highest BCUT2D eigenvalue weighted by Gasteiger charge is 2.54. The molecule has 0 saturated heterocycles. The van der Waals surface area contributed by atoms with E-state index in [1.54, 1.807) is 0 Å². The molecule has 7 nitrogen and oxygen atoms in total. The van der Waals surface area contributed by atoms with Crippen LogP contribution in [0.4, 0.5) is 14.5 Å². The molecule has 0 heterocycles. The number of nitrogens with zero attached hydrogens (tertiary/aromatic N) is 1. The van der Waals surface area contributed by atoms with Gasteiger partial charge in [0.15, 0.2) is 6.10 Å². The Kier molecular flexibility index (Phi) is 5.10. The van der Waals surface area contributed by atoms with E-state index >= 15 is 0 Å². The van der Waals surface area contributed by atoms with Gasteiger partial charge in [-0.05, 0) is 18.9 Å². The first kappa shape index (κ1) is 17.8. The summed E-state index contributed by atoms with van der Waals surface area (Å²) in [6.07, 6.45) is -0.306. The first-order valence-corrected chi connectivity index (χ1v) is 7.30. The van der Waals surface area contributed by atoms with Crippen molar-refractivity contribution in [3.63, 3.8) is 0 Å². The molecule has 1 saturated carbocycles. The molecule has 1 aromatic carbocycles. The van der Waals surface area contributed by atoms with Crippen LogP contribution in [0.5, 0.6) is 0 Å². The van der Waals surface area contributed by atoms with E-state index in [1.807, 2.05) is 0 Å². The second kappa shape index (κ2) is 6.90. The summed E-state index contributed by atoms with van der Waals surface area (Å²) < 4.78 is 32.7. The number of carbonyl (C=O) groups excluding carboxylic acids is 1. The van der Waals surface area contributed by atoms with Crippen LogP contribution in [-0.4, -0.2) is 34.0 Å². The smallest absolute Gasteiger partial charge is 0.378 e. The molecular weight excluding hydrogens is 328 g/mol. The Bertz CT molecular complexity index is 657. The number of benzene rings is 1. The Morgan fingerprint density at radius 1 is 1.29 bits per heavy atom. The minimum atomic E-state index is -4.27. The molecule has 0 radical (unpaired) electrons. The third-order valence-electron chi connectivity index (χ3n) is 4.03. The van der Waals surface area contributed by atoms with Crippen molar-refractivity contribution < 1.29 is 33.1 Å². The number of nitro groups is 1. The largest absolute Gasteiger partial charge is 0.477 e. The van der Waals surface area contributed by atoms with Crippen LogP contribution in [0.1, 0.15) is 36.0 Å². The van der Waals surface area contributed by atoms with Gasteiger partial charge in [0, 0.05) is 12.0 Å². The lowest BCUT2D eigenvalue weighted by Gasteiger charge is -2.28. The predicted octanol–water partition coefficient (Wildman–Crippen LogP) is 3.03. The van der Waals surface area contributed by atoms with Gasteiger partial charge in [0.25, 0.3) is 5.69 Å². The van der Waals surface area contributed by atoms with E-state index < -0.39 is 46.1 Å². The van der Waals surface area contributed by atoms with E-state index in [0.717, 1.165) is 12.1 Å². The van der Waals surface area contributed by atoms with Gasteiger partial charge in [-0.3, -0.25) is 10.1 Å². The SMILES string of the molecule is O=C(OC(C1CCCC1)C(F)(F)C(=O)O)c1ccccc1[N+](=O)[O-]. The summed E-state index contributed by atoms with van der Waals surface area (Å²) in [5.41, 5.74) is -1.09. The molecule has 0 bridgehead atoms. The lowest BCUT2D eigenvalue weighted by Crippen LogP contribution is -2.47. The lowest BCUT2D eigenvalue weighted by molar-refractivity contribution is -0.385. The van der Waals surface area contributed by atoms with Gasteiger partial charge in [0.2, 0.25) is 0 Å². The Balaban J connectivity index is 2.31. The van der Waals surface area contributed by atoms with Crippen LogP contribution >= 0.6 is 0 Å². The zero-order valence-corrected chi connectivity index (χ0v) is 12.5. The third-order valence-corrected chi connectivity index (χ3v) is 4.03. The lowest BCUT2D eigenvalue weighted by atomic mass is 9.95. The highest BCUT2D eigenvalue weighted by atomic mass is 19.3. The summed E-state index contributed by atoms with van der Waals surface area (Å²) >= 11 is 0. The molecule has 1 unspecified atom stereocenters. The fraction of sp³-hybridized carbons (Fsp3) is 0.467. The number of carbonyl (C=O) groups is 2. The second-order valence-electron chi connectivity index (χ2n) is 5.57. The molecule has 0 aliphatic heterocycles. The van der Waals surface area contributed by atoms with Crippen LogP contribution in [0.25, 0.3) is 0 Å². The molecule has 0 spiro atoms. The maximum absolute atomic E-state index is 14.0. The maximum Gasteiger partial charge on any atom is 0.378 e. The van der Waals surface area contributed by atoms with E-state index in [1.165, 1.54) is 12.1 Å². The second-order valence-corrected chi connectivity index (χ2v) is 5.57. The minimum absolute atomic E-state index is 0.303. The van der Waals surface area contributed by atoms with Gasteiger partial charge in [0.1, 0.15) is 5.56 Å². The first-order valence-electron chi connectivity index (χ1n) is 7.30. The van der Waals surface area contributed by atoms with E-state index in [-0.39, 0.29) is 0 Å². The molecule has 0 aromatic heterocycles. The van der Waals surface area contributed by atoms with Crippen molar-refractivity contribution in [2.75, 3.05) is 0 Å². The Hall–Kier alpha value is -2.58. The third kappa shape index (κ3) is 3.50. The van der Waals surface area contributed by atoms with Crippen LogP contribution in [-0.2, 0) is 9.53 Å². The fourth-order valence-corrected chi connectivity index (χ4v) is 2.83. The van der Waals surface area contributed by atoms with Crippen molar-refractivity contribution in [1.82, 2.24) is 0 Å². The number of rotatable bonds is 6. The van der Waals surface area contributed by atoms with E-state index in [0.29, 0.717) is 25.7 Å². The average molecular weight is 343 g/mol. The molecule has 24 heavy (non-hydrogen) atoms. The van der Waals surface area contributed by atoms with Gasteiger partial charge < -0.3 is 9.84 Å². The fourth-order valence-electron chi connectivity index (χ4n) is 2.83. The molecular formula is C15H15F2NO6. The summed E-state index contributed by atoms with van der Waals surface area (Å²) in [6.45, 7) is 0. The normalized spacial score (nSPS) is 16.6. The summed E-state index contributed by atoms with van der Waals surface area (Å²) in [6, 6.07) is 4.75. The highest BCUT2D eigenvalue weighted by Crippen LogP contribution is 2.38. The summed E-state index contributed by atoms with van der Waals surface area (Å²) in [4.78, 5) is 33.1. The van der Waals surface area contributed by atoms with Gasteiger partial charge >= 0.3 is 17.9 Å². The number of para-hydroxylation sites is 1. The van der Waals surface area contributed by atoms with Gasteiger partial charge in [-0.15, -0.1) is 0 Å². The van der Waals surface area contributed by atoms with Crippen molar-refractivity contribution in [3.05, 3.63) is 39.9 Å². The molecule has 2 rings (SSSR count). The van der Waals surface area contributed by atoms with Gasteiger partial charge in [0.05, 0.1) is 4.92 Å². The van der Waals surface area contributed by atoms with Crippen LogP contribution in [0.2, 0.25) is 0 Å². The van der Waals surface area contributed by atoms with Gasteiger partial charge in [-0.1, -0.05) is 25.0 Å². The Morgan fingerprint density at radius 3 is 2.42 bits per heavy atom. The number of carboxylic acids is 1. The zero-order valence-electron chi connectivity index (χ0n) is 12.5. The summed E-state index contributed by atoms with van der Waals surface area (Å²) in [7, 11) is 0. The zero-order chi connectivity index (χ0) is 17.9. The van der Waals surface area contributed by atoms with Gasteiger partial charge in [-0.25, -0.2) is 9.59 Å². The number of ether oxygens (including phenoxy) is 1. The van der Waals surface area contributed by atoms with Crippen LogP contribution in [0.3, 0.4) is 0 Å². The number of hydrogen-bond donors (Lipinski definition) is 1. The molecule has 1 N–H and O–H groups in total. The molecule has 1 aromatic rings. The molecule has 1 aliphatic carbocycles. The maximum atomic E-state index is 14.0. The van der Waals surface area contributed by atoms with Crippen molar-refractivity contribution in [3.8, 4) is 0 Å². The Morgan fingerprint density at radius 2 is 1.88 bits per heavy atom. The number of halogens is 2. The monoisotopic (exact) mass is 343 g/mol. The van der Waals surface area contributed by atoms with E-state index in [9.17, 15) is 28.5 Å². The van der Waals surface area contributed by atoms with Crippen molar-refractivity contribution in [2.24, 2.45) is 5.92 Å². The number of aliphatic carboxylic acids is 1. The predicted molar refractivity (Wildman–Crippen MR) is 76.8 cm³/mol. The topological polar surface area (TPSA) is 107 Å². The Labute approximate surface area is 135 Å². The average Bonchev–Trinajstić information content (AvgIpc) is 3.05. The number of esters is 1.